The van der Waals surface area contributed by atoms with E-state index < -0.39 is 47.1 Å². The molecular formula is C32H49N5O8Si2. The quantitative estimate of drug-likeness (QED) is 0.245. The zero-order chi connectivity index (χ0) is 34.3. The number of aromatic nitrogens is 4. The number of carbonyl (C=O) groups excluding carboxylic acids is 1. The van der Waals surface area contributed by atoms with Gasteiger partial charge in [0.2, 0.25) is 11.8 Å². The summed E-state index contributed by atoms with van der Waals surface area (Å²) in [6, 6.07) is 8.72. The van der Waals surface area contributed by atoms with Gasteiger partial charge in [0.25, 0.3) is 5.91 Å². The zero-order valence-electron chi connectivity index (χ0n) is 28.8. The van der Waals surface area contributed by atoms with Gasteiger partial charge in [0, 0.05) is 18.6 Å². The lowest BCUT2D eigenvalue weighted by molar-refractivity contribution is -0.116. The van der Waals surface area contributed by atoms with Crippen molar-refractivity contribution in [2.24, 2.45) is 0 Å². The maximum Gasteiger partial charge on any atom is 0.335 e. The van der Waals surface area contributed by atoms with Gasteiger partial charge in [0.05, 0.1) is 20.0 Å². The zero-order valence-corrected chi connectivity index (χ0v) is 30.8. The van der Waals surface area contributed by atoms with Crippen LogP contribution in [-0.2, 0) is 17.7 Å². The normalized spacial score (nSPS) is 25.7. The Hall–Kier alpha value is -2.77. The Labute approximate surface area is 278 Å². The van der Waals surface area contributed by atoms with Crippen molar-refractivity contribution in [3.8, 4) is 5.88 Å². The number of methoxy groups -OCH3 is 1. The molecule has 3 aromatic rings. The van der Waals surface area contributed by atoms with Crippen molar-refractivity contribution in [2.45, 2.75) is 108 Å². The number of anilines is 1. The minimum Gasteiger partial charge on any atom is -0.479 e. The number of rotatable bonds is 10. The average Bonchev–Trinajstić information content (AvgIpc) is 3.54. The summed E-state index contributed by atoms with van der Waals surface area (Å²) in [4.78, 5) is 26.5. The van der Waals surface area contributed by atoms with Gasteiger partial charge in [-0.2, -0.15) is 9.97 Å². The summed E-state index contributed by atoms with van der Waals surface area (Å²) in [7, 11) is -4.55. The third-order valence-corrected chi connectivity index (χ3v) is 19.7. The van der Waals surface area contributed by atoms with Crippen LogP contribution in [0.1, 0.15) is 78.4 Å². The maximum atomic E-state index is 13.0. The molecule has 2 aromatic heterocycles. The summed E-state index contributed by atoms with van der Waals surface area (Å²) in [6.45, 7) is 16.8. The van der Waals surface area contributed by atoms with Gasteiger partial charge >= 0.3 is 17.1 Å². The van der Waals surface area contributed by atoms with E-state index >= 15 is 0 Å². The lowest BCUT2D eigenvalue weighted by Gasteiger charge is -2.52. The number of carbonyl (C=O) groups is 1. The van der Waals surface area contributed by atoms with Gasteiger partial charge in [-0.1, -0.05) is 73.6 Å². The second-order valence-electron chi connectivity index (χ2n) is 13.7. The smallest absolute Gasteiger partial charge is 0.335 e. The Balaban J connectivity index is 1.62. The molecule has 4 heterocycles. The van der Waals surface area contributed by atoms with Crippen molar-refractivity contribution in [1.82, 2.24) is 19.5 Å². The monoisotopic (exact) mass is 687 g/mol. The minimum atomic E-state index is -3.13. The molecule has 15 heteroatoms. The van der Waals surface area contributed by atoms with Crippen LogP contribution in [0, 0.1) is 0 Å². The third kappa shape index (κ3) is 6.16. The van der Waals surface area contributed by atoms with Gasteiger partial charge in [-0.15, -0.1) is 0 Å². The molecule has 3 N–H and O–H groups in total. The number of benzene rings is 1. The lowest BCUT2D eigenvalue weighted by atomic mass is 9.90. The molecule has 2 aliphatic heterocycles. The highest BCUT2D eigenvalue weighted by atomic mass is 28.5. The fourth-order valence-corrected chi connectivity index (χ4v) is 18.3. The van der Waals surface area contributed by atoms with Crippen LogP contribution in [0.4, 0.5) is 5.95 Å². The van der Waals surface area contributed by atoms with E-state index in [4.69, 9.17) is 22.4 Å². The second kappa shape index (κ2) is 13.6. The Bertz CT molecular complexity index is 1540. The first kappa shape index (κ1) is 35.5. The SMILES string of the molecule is COc1nc(NC(=O)c2ccccc2)nc2c1ncn2C1OC2CO[Si](C(C)C)(C(C)C)O[Si](C(C)C)(C(C)C)O[C@H]2[C@]1(O)CCO. The number of hydrogen-bond donors (Lipinski definition) is 3. The van der Waals surface area contributed by atoms with Gasteiger partial charge in [-0.25, -0.2) is 4.98 Å². The number of nitrogens with zero attached hydrogens (tertiary/aromatic N) is 4. The van der Waals surface area contributed by atoms with Crippen LogP contribution in [0.15, 0.2) is 36.7 Å². The van der Waals surface area contributed by atoms with Crippen LogP contribution in [0.3, 0.4) is 0 Å². The minimum absolute atomic E-state index is 0.0108. The fourth-order valence-electron chi connectivity index (χ4n) is 7.02. The van der Waals surface area contributed by atoms with Gasteiger partial charge < -0.3 is 32.7 Å². The van der Waals surface area contributed by atoms with E-state index in [-0.39, 0.29) is 59.3 Å². The van der Waals surface area contributed by atoms with E-state index in [0.29, 0.717) is 11.1 Å². The highest BCUT2D eigenvalue weighted by molar-refractivity contribution is 6.84. The fraction of sp³-hybridized carbons (Fsp3) is 0.625. The summed E-state index contributed by atoms with van der Waals surface area (Å²) >= 11 is 0. The van der Waals surface area contributed by atoms with Crippen LogP contribution in [-0.4, -0.2) is 90.9 Å². The summed E-state index contributed by atoms with van der Waals surface area (Å²) in [5.41, 5.74) is -0.423. The first-order valence-corrected chi connectivity index (χ1v) is 20.3. The molecule has 1 aromatic carbocycles. The second-order valence-corrected chi connectivity index (χ2v) is 22.6. The number of amides is 1. The molecule has 0 spiro atoms. The Morgan fingerprint density at radius 2 is 1.68 bits per heavy atom. The average molecular weight is 688 g/mol. The van der Waals surface area contributed by atoms with Gasteiger partial charge in [0.1, 0.15) is 17.8 Å². The number of imidazole rings is 1. The van der Waals surface area contributed by atoms with Gasteiger partial charge in [-0.3, -0.25) is 14.7 Å². The molecule has 2 unspecified atom stereocenters. The van der Waals surface area contributed by atoms with Crippen molar-refractivity contribution in [2.75, 3.05) is 25.6 Å². The molecule has 0 saturated carbocycles. The van der Waals surface area contributed by atoms with Crippen LogP contribution < -0.4 is 10.1 Å². The maximum absolute atomic E-state index is 13.0. The van der Waals surface area contributed by atoms with Crippen LogP contribution in [0.5, 0.6) is 5.88 Å². The summed E-state index contributed by atoms with van der Waals surface area (Å²) in [5, 5.41) is 25.7. The number of aliphatic hydroxyl groups excluding tert-OH is 1. The largest absolute Gasteiger partial charge is 0.479 e. The van der Waals surface area contributed by atoms with E-state index in [1.807, 2.05) is 6.07 Å². The number of aliphatic hydroxyl groups is 2. The Morgan fingerprint density at radius 1 is 1.04 bits per heavy atom. The van der Waals surface area contributed by atoms with Crippen LogP contribution >= 0.6 is 0 Å². The summed E-state index contributed by atoms with van der Waals surface area (Å²) in [5.74, 6) is -0.276. The molecule has 0 aliphatic carbocycles. The third-order valence-electron chi connectivity index (χ3n) is 9.49. The van der Waals surface area contributed by atoms with E-state index in [2.05, 4.69) is 75.7 Å². The predicted octanol–water partition coefficient (Wildman–Crippen LogP) is 5.05. The summed E-state index contributed by atoms with van der Waals surface area (Å²) in [6.07, 6.45) is -1.23. The van der Waals surface area contributed by atoms with Crippen molar-refractivity contribution >= 4 is 40.1 Å². The van der Waals surface area contributed by atoms with E-state index in [1.165, 1.54) is 13.4 Å². The van der Waals surface area contributed by atoms with E-state index in [9.17, 15) is 15.0 Å². The van der Waals surface area contributed by atoms with Crippen LogP contribution in [0.25, 0.3) is 11.2 Å². The lowest BCUT2D eigenvalue weighted by Crippen LogP contribution is -2.67. The summed E-state index contributed by atoms with van der Waals surface area (Å²) < 4.78 is 35.2. The molecule has 47 heavy (non-hydrogen) atoms. The topological polar surface area (TPSA) is 159 Å². The molecule has 258 valence electrons. The van der Waals surface area contributed by atoms with Crippen molar-refractivity contribution < 1.29 is 37.4 Å². The molecule has 0 radical (unpaired) electrons. The van der Waals surface area contributed by atoms with Crippen LogP contribution in [0.2, 0.25) is 22.2 Å². The molecule has 2 saturated heterocycles. The Morgan fingerprint density at radius 3 is 2.26 bits per heavy atom. The molecule has 1 amide bonds. The molecule has 2 fully saturated rings. The highest BCUT2D eigenvalue weighted by Gasteiger charge is 2.65. The molecule has 13 nitrogen and oxygen atoms in total. The van der Waals surface area contributed by atoms with E-state index in [0.717, 1.165) is 0 Å². The van der Waals surface area contributed by atoms with Crippen molar-refractivity contribution in [3.05, 3.63) is 42.2 Å². The first-order chi connectivity index (χ1) is 22.2. The predicted molar refractivity (Wildman–Crippen MR) is 181 cm³/mol. The van der Waals surface area contributed by atoms with Crippen molar-refractivity contribution in [1.29, 1.82) is 0 Å². The molecule has 5 rings (SSSR count). The van der Waals surface area contributed by atoms with Crippen molar-refractivity contribution in [3.63, 3.8) is 0 Å². The van der Waals surface area contributed by atoms with Gasteiger partial charge in [0.15, 0.2) is 17.4 Å². The highest BCUT2D eigenvalue weighted by Crippen LogP contribution is 2.52. The number of ether oxygens (including phenoxy) is 2. The Kier molecular flexibility index (Phi) is 10.3. The molecule has 0 bridgehead atoms. The first-order valence-electron chi connectivity index (χ1n) is 16.4. The molecule has 4 atom stereocenters. The molecule has 2 aliphatic rings. The van der Waals surface area contributed by atoms with Gasteiger partial charge in [-0.05, 0) is 34.3 Å². The number of hydrogen-bond acceptors (Lipinski definition) is 11. The molecular weight excluding hydrogens is 639 g/mol. The number of nitrogens with one attached hydrogen (secondary N) is 1. The standard InChI is InChI=1S/C32H49N5O8Si2/c1-19(2)46(20(3)4)42-17-24-26(44-47(45-46,21(5)6)22(7)8)32(40,15-16-38)30(43-24)37-18-33-25-27(37)34-31(36-29(25)41-9)35-28(39)23-13-11-10-12-14-23/h10-14,18-22,24,26,30,38,40H,15-17H2,1-9H3,(H,34,35,36,39)/t24?,26-,30?,32-/m1/s1. The van der Waals surface area contributed by atoms with E-state index in [1.54, 1.807) is 28.8 Å². The number of fused-ring (bicyclic) bond motifs is 2.